The van der Waals surface area contributed by atoms with Crippen molar-refractivity contribution in [1.82, 2.24) is 25.2 Å². The Morgan fingerprint density at radius 2 is 2.00 bits per heavy atom. The van der Waals surface area contributed by atoms with Crippen molar-refractivity contribution in [1.29, 1.82) is 0 Å². The fourth-order valence-corrected chi connectivity index (χ4v) is 3.93. The number of alkyl halides is 3. The summed E-state index contributed by atoms with van der Waals surface area (Å²) >= 11 is 0. The van der Waals surface area contributed by atoms with E-state index >= 15 is 0 Å². The number of fused-ring (bicyclic) bond motifs is 1. The van der Waals surface area contributed by atoms with Gasteiger partial charge in [-0.2, -0.15) is 18.3 Å². The fraction of sp³-hybridized carbons (Fsp3) is 0.524. The van der Waals surface area contributed by atoms with E-state index in [2.05, 4.69) is 20.3 Å². The molecule has 1 amide bonds. The van der Waals surface area contributed by atoms with Crippen LogP contribution < -0.4 is 0 Å². The molecule has 4 rings (SSSR count). The Kier molecular flexibility index (Phi) is 5.06. The molecule has 0 aromatic carbocycles. The normalized spacial score (nSPS) is 18.0. The number of nitrogens with zero attached hydrogens (tertiary/aromatic N) is 4. The first-order valence-corrected chi connectivity index (χ1v) is 10.1. The molecule has 1 fully saturated rings. The summed E-state index contributed by atoms with van der Waals surface area (Å²) in [7, 11) is 0. The molecular formula is C21H24F3N5O2. The number of pyridine rings is 1. The molecule has 3 aromatic heterocycles. The first-order chi connectivity index (χ1) is 14.4. The SMILES string of the molecule is Cc1noc2nc(C3CCCN(C(=O)c4cc(C(C)(C)C)[nH]n4)C3)cc(C(F)(F)F)c12. The molecule has 0 aliphatic carbocycles. The quantitative estimate of drug-likeness (QED) is 0.636. The standard InChI is InChI=1S/C21H24F3N5O2/c1-11-17-13(21(22,23)24)8-14(25-18(17)31-28-11)12-6-5-7-29(10-12)19(30)15-9-16(27-26-15)20(2,3)4/h8-9,12H,5-7,10H2,1-4H3,(H,26,27). The Bertz CT molecular complexity index is 1130. The third-order valence-electron chi connectivity index (χ3n) is 5.67. The van der Waals surface area contributed by atoms with Gasteiger partial charge in [-0.25, -0.2) is 4.98 Å². The molecule has 31 heavy (non-hydrogen) atoms. The number of amides is 1. The van der Waals surface area contributed by atoms with Gasteiger partial charge in [-0.05, 0) is 31.9 Å². The molecule has 7 nitrogen and oxygen atoms in total. The van der Waals surface area contributed by atoms with E-state index in [1.807, 2.05) is 20.8 Å². The number of aryl methyl sites for hydroxylation is 1. The molecule has 10 heteroatoms. The van der Waals surface area contributed by atoms with Crippen LogP contribution in [0.3, 0.4) is 0 Å². The average molecular weight is 435 g/mol. The van der Waals surface area contributed by atoms with E-state index in [1.54, 1.807) is 11.0 Å². The molecule has 3 aromatic rings. The van der Waals surface area contributed by atoms with Crippen LogP contribution in [0.2, 0.25) is 0 Å². The molecule has 0 saturated carbocycles. The highest BCUT2D eigenvalue weighted by Crippen LogP contribution is 2.38. The third-order valence-corrected chi connectivity index (χ3v) is 5.67. The van der Waals surface area contributed by atoms with Gasteiger partial charge in [0.25, 0.3) is 11.6 Å². The van der Waals surface area contributed by atoms with E-state index in [4.69, 9.17) is 4.52 Å². The van der Waals surface area contributed by atoms with Crippen LogP contribution in [-0.2, 0) is 11.6 Å². The zero-order chi connectivity index (χ0) is 22.6. The van der Waals surface area contributed by atoms with Crippen LogP contribution in [0.1, 0.15) is 72.7 Å². The highest BCUT2D eigenvalue weighted by atomic mass is 19.4. The minimum Gasteiger partial charge on any atom is -0.337 e. The number of aromatic nitrogens is 4. The van der Waals surface area contributed by atoms with Gasteiger partial charge in [0.15, 0.2) is 0 Å². The summed E-state index contributed by atoms with van der Waals surface area (Å²) in [5.74, 6) is -0.585. The monoisotopic (exact) mass is 435 g/mol. The minimum absolute atomic E-state index is 0.119. The van der Waals surface area contributed by atoms with E-state index in [-0.39, 0.29) is 46.3 Å². The van der Waals surface area contributed by atoms with Crippen LogP contribution in [0.15, 0.2) is 16.7 Å². The summed E-state index contributed by atoms with van der Waals surface area (Å²) in [5, 5.41) is 10.6. The largest absolute Gasteiger partial charge is 0.417 e. The molecule has 1 unspecified atom stereocenters. The van der Waals surface area contributed by atoms with Gasteiger partial charge in [-0.1, -0.05) is 25.9 Å². The lowest BCUT2D eigenvalue weighted by Gasteiger charge is -2.32. The van der Waals surface area contributed by atoms with Crippen molar-refractivity contribution in [3.63, 3.8) is 0 Å². The van der Waals surface area contributed by atoms with Gasteiger partial charge in [0, 0.05) is 30.1 Å². The number of H-pyrrole nitrogens is 1. The molecule has 0 radical (unpaired) electrons. The Morgan fingerprint density at radius 3 is 2.65 bits per heavy atom. The maximum absolute atomic E-state index is 13.7. The number of piperidine rings is 1. The van der Waals surface area contributed by atoms with Gasteiger partial charge in [-0.15, -0.1) is 0 Å². The minimum atomic E-state index is -4.56. The second-order valence-corrected chi connectivity index (χ2v) is 9.05. The molecule has 1 N–H and O–H groups in total. The van der Waals surface area contributed by atoms with E-state index in [1.165, 1.54) is 6.92 Å². The number of aromatic amines is 1. The summed E-state index contributed by atoms with van der Waals surface area (Å²) in [4.78, 5) is 18.9. The number of nitrogens with one attached hydrogen (secondary N) is 1. The molecule has 1 atom stereocenters. The first-order valence-electron chi connectivity index (χ1n) is 10.1. The lowest BCUT2D eigenvalue weighted by atomic mass is 9.91. The summed E-state index contributed by atoms with van der Waals surface area (Å²) < 4.78 is 46.1. The number of rotatable bonds is 2. The lowest BCUT2D eigenvalue weighted by molar-refractivity contribution is -0.136. The van der Waals surface area contributed by atoms with Crippen molar-refractivity contribution < 1.29 is 22.5 Å². The maximum Gasteiger partial charge on any atom is 0.417 e. The summed E-state index contributed by atoms with van der Waals surface area (Å²) in [6.07, 6.45) is -3.28. The van der Waals surface area contributed by atoms with E-state index in [0.717, 1.165) is 11.8 Å². The summed E-state index contributed by atoms with van der Waals surface area (Å²) in [6.45, 7) is 8.27. The van der Waals surface area contributed by atoms with Crippen molar-refractivity contribution in [2.45, 2.75) is 58.0 Å². The Morgan fingerprint density at radius 1 is 1.26 bits per heavy atom. The molecule has 1 aliphatic heterocycles. The second-order valence-electron chi connectivity index (χ2n) is 9.05. The van der Waals surface area contributed by atoms with Crippen molar-refractivity contribution in [2.75, 3.05) is 13.1 Å². The smallest absolute Gasteiger partial charge is 0.337 e. The van der Waals surface area contributed by atoms with Crippen LogP contribution in [0.4, 0.5) is 13.2 Å². The zero-order valence-corrected chi connectivity index (χ0v) is 17.8. The van der Waals surface area contributed by atoms with Crippen LogP contribution >= 0.6 is 0 Å². The number of hydrogen-bond acceptors (Lipinski definition) is 5. The highest BCUT2D eigenvalue weighted by Gasteiger charge is 2.37. The predicted octanol–water partition coefficient (Wildman–Crippen LogP) is 4.59. The van der Waals surface area contributed by atoms with Gasteiger partial charge in [0.2, 0.25) is 0 Å². The van der Waals surface area contributed by atoms with Crippen molar-refractivity contribution in [3.8, 4) is 0 Å². The third kappa shape index (κ3) is 4.03. The maximum atomic E-state index is 13.7. The lowest BCUT2D eigenvalue weighted by Crippen LogP contribution is -2.39. The van der Waals surface area contributed by atoms with Crippen molar-refractivity contribution in [3.05, 3.63) is 40.5 Å². The zero-order valence-electron chi connectivity index (χ0n) is 17.8. The van der Waals surface area contributed by atoms with Crippen molar-refractivity contribution in [2.24, 2.45) is 0 Å². The van der Waals surface area contributed by atoms with Gasteiger partial charge < -0.3 is 9.42 Å². The summed E-state index contributed by atoms with van der Waals surface area (Å²) in [5.41, 5.74) is 0.423. The molecule has 166 valence electrons. The van der Waals surface area contributed by atoms with Gasteiger partial charge in [-0.3, -0.25) is 9.89 Å². The summed E-state index contributed by atoms with van der Waals surface area (Å²) in [6, 6.07) is 2.80. The van der Waals surface area contributed by atoms with Crippen molar-refractivity contribution >= 4 is 17.0 Å². The van der Waals surface area contributed by atoms with E-state index < -0.39 is 11.7 Å². The molecule has 0 bridgehead atoms. The second kappa shape index (κ2) is 7.35. The Balaban J connectivity index is 1.62. The number of carbonyl (C=O) groups is 1. The predicted molar refractivity (Wildman–Crippen MR) is 107 cm³/mol. The molecule has 1 aliphatic rings. The topological polar surface area (TPSA) is 87.9 Å². The Hall–Kier alpha value is -2.91. The molecule has 4 heterocycles. The Labute approximate surface area is 177 Å². The number of likely N-dealkylation sites (tertiary alicyclic amines) is 1. The van der Waals surface area contributed by atoms with E-state index in [0.29, 0.717) is 25.1 Å². The fourth-order valence-electron chi connectivity index (χ4n) is 3.93. The number of hydrogen-bond donors (Lipinski definition) is 1. The molecular weight excluding hydrogens is 411 g/mol. The van der Waals surface area contributed by atoms with E-state index in [9.17, 15) is 18.0 Å². The highest BCUT2D eigenvalue weighted by molar-refractivity contribution is 5.92. The number of halogens is 3. The van der Waals surface area contributed by atoms with Crippen LogP contribution in [-0.4, -0.2) is 44.2 Å². The first kappa shape index (κ1) is 21.3. The van der Waals surface area contributed by atoms with Gasteiger partial charge in [0.1, 0.15) is 5.69 Å². The van der Waals surface area contributed by atoms with Gasteiger partial charge >= 0.3 is 6.18 Å². The van der Waals surface area contributed by atoms with Crippen LogP contribution in [0.25, 0.3) is 11.1 Å². The molecule has 1 saturated heterocycles. The molecule has 0 spiro atoms. The van der Waals surface area contributed by atoms with Crippen LogP contribution in [0, 0.1) is 6.92 Å². The van der Waals surface area contributed by atoms with Crippen LogP contribution in [0.5, 0.6) is 0 Å². The number of carbonyl (C=O) groups excluding carboxylic acids is 1. The van der Waals surface area contributed by atoms with Gasteiger partial charge in [0.05, 0.1) is 22.3 Å². The average Bonchev–Trinajstić information content (AvgIpc) is 3.34.